The summed E-state index contributed by atoms with van der Waals surface area (Å²) in [4.78, 5) is 35.7. The number of hydrogen-bond acceptors (Lipinski definition) is 6. The zero-order chi connectivity index (χ0) is 22.6. The van der Waals surface area contributed by atoms with Gasteiger partial charge in [-0.3, -0.25) is 19.7 Å². The highest BCUT2D eigenvalue weighted by Crippen LogP contribution is 2.31. The number of hydrogen-bond donors (Lipinski definition) is 0. The quantitative estimate of drug-likeness (QED) is 0.133. The van der Waals surface area contributed by atoms with E-state index in [4.69, 9.17) is 9.47 Å². The van der Waals surface area contributed by atoms with Gasteiger partial charge >= 0.3 is 17.6 Å². The second-order valence-electron chi connectivity index (χ2n) is 7.44. The Labute approximate surface area is 177 Å². The fourth-order valence-electron chi connectivity index (χ4n) is 2.96. The van der Waals surface area contributed by atoms with Gasteiger partial charge < -0.3 is 9.47 Å². The monoisotopic (exact) mass is 425 g/mol. The average Bonchev–Trinajstić information content (AvgIpc) is 2.72. The molecule has 0 spiro atoms. The highest BCUT2D eigenvalue weighted by molar-refractivity contribution is 6.05. The van der Waals surface area contributed by atoms with Crippen molar-refractivity contribution in [3.05, 3.63) is 39.7 Å². The molecule has 1 aromatic rings. The van der Waals surface area contributed by atoms with Gasteiger partial charge in [0.25, 0.3) is 0 Å². The number of ether oxygens (including phenoxy) is 2. The first-order valence-electron chi connectivity index (χ1n) is 10.6. The molecular formula is C22H32FNO6. The van der Waals surface area contributed by atoms with Crippen molar-refractivity contribution in [1.29, 1.82) is 0 Å². The summed E-state index contributed by atoms with van der Waals surface area (Å²) >= 11 is 0. The first-order valence-corrected chi connectivity index (χ1v) is 10.6. The fraction of sp³-hybridized carbons (Fsp3) is 0.636. The Hall–Kier alpha value is -2.51. The van der Waals surface area contributed by atoms with E-state index in [-0.39, 0.29) is 18.8 Å². The molecule has 8 heteroatoms. The van der Waals surface area contributed by atoms with Crippen molar-refractivity contribution in [3.8, 4) is 0 Å². The van der Waals surface area contributed by atoms with Crippen molar-refractivity contribution < 1.29 is 28.4 Å². The number of carbonyl (C=O) groups excluding carboxylic acids is 2. The Bertz CT molecular complexity index is 696. The topological polar surface area (TPSA) is 95.7 Å². The number of nitro benzene ring substituents is 1. The lowest BCUT2D eigenvalue weighted by Gasteiger charge is -2.26. The molecule has 7 nitrogen and oxygen atoms in total. The SMILES string of the molecule is CCCCCCOC(=O)C(C)(C(=O)OCCCCCC)c1ccc([N+](=O)[O-])c(F)c1. The molecule has 0 heterocycles. The predicted molar refractivity (Wildman–Crippen MR) is 111 cm³/mol. The van der Waals surface area contributed by atoms with Gasteiger partial charge in [0, 0.05) is 6.07 Å². The van der Waals surface area contributed by atoms with Crippen LogP contribution in [0.2, 0.25) is 0 Å². The van der Waals surface area contributed by atoms with Crippen LogP contribution in [-0.4, -0.2) is 30.1 Å². The second kappa shape index (κ2) is 12.9. The van der Waals surface area contributed by atoms with Crippen molar-refractivity contribution in [2.45, 2.75) is 77.6 Å². The number of unbranched alkanes of at least 4 members (excludes halogenated alkanes) is 6. The van der Waals surface area contributed by atoms with Crippen LogP contribution in [0.15, 0.2) is 18.2 Å². The van der Waals surface area contributed by atoms with Crippen molar-refractivity contribution >= 4 is 17.6 Å². The second-order valence-corrected chi connectivity index (χ2v) is 7.44. The predicted octanol–water partition coefficient (Wildman–Crippen LogP) is 5.24. The van der Waals surface area contributed by atoms with Crippen molar-refractivity contribution in [2.75, 3.05) is 13.2 Å². The molecule has 0 aliphatic carbocycles. The van der Waals surface area contributed by atoms with Gasteiger partial charge in [0.1, 0.15) is 0 Å². The van der Waals surface area contributed by atoms with Crippen LogP contribution in [-0.2, 0) is 24.5 Å². The molecule has 0 saturated heterocycles. The van der Waals surface area contributed by atoms with Gasteiger partial charge in [0.2, 0.25) is 5.82 Å². The summed E-state index contributed by atoms with van der Waals surface area (Å²) in [5, 5.41) is 10.9. The van der Waals surface area contributed by atoms with Crippen LogP contribution >= 0.6 is 0 Å². The minimum Gasteiger partial charge on any atom is -0.465 e. The van der Waals surface area contributed by atoms with Gasteiger partial charge in [-0.25, -0.2) is 0 Å². The van der Waals surface area contributed by atoms with E-state index in [0.717, 1.165) is 50.7 Å². The summed E-state index contributed by atoms with van der Waals surface area (Å²) in [7, 11) is 0. The van der Waals surface area contributed by atoms with Crippen LogP contribution in [0.4, 0.5) is 10.1 Å². The zero-order valence-corrected chi connectivity index (χ0v) is 18.1. The maximum atomic E-state index is 14.2. The van der Waals surface area contributed by atoms with E-state index in [1.54, 1.807) is 0 Å². The van der Waals surface area contributed by atoms with Crippen LogP contribution in [0.25, 0.3) is 0 Å². The summed E-state index contributed by atoms with van der Waals surface area (Å²) in [5.74, 6) is -2.84. The molecule has 1 aromatic carbocycles. The fourth-order valence-corrected chi connectivity index (χ4v) is 2.96. The molecule has 0 atom stereocenters. The van der Waals surface area contributed by atoms with Crippen LogP contribution in [0.3, 0.4) is 0 Å². The molecular weight excluding hydrogens is 393 g/mol. The maximum Gasteiger partial charge on any atom is 0.327 e. The lowest BCUT2D eigenvalue weighted by molar-refractivity contribution is -0.387. The number of nitro groups is 1. The zero-order valence-electron chi connectivity index (χ0n) is 18.1. The summed E-state index contributed by atoms with van der Waals surface area (Å²) < 4.78 is 24.8. The third-order valence-corrected chi connectivity index (χ3v) is 5.00. The molecule has 0 aliphatic heterocycles. The van der Waals surface area contributed by atoms with Gasteiger partial charge in [0.05, 0.1) is 18.1 Å². The van der Waals surface area contributed by atoms with E-state index in [1.165, 1.54) is 13.0 Å². The molecule has 1 rings (SSSR count). The van der Waals surface area contributed by atoms with Gasteiger partial charge in [-0.05, 0) is 31.4 Å². The lowest BCUT2D eigenvalue weighted by atomic mass is 9.82. The van der Waals surface area contributed by atoms with Crippen molar-refractivity contribution in [2.24, 2.45) is 0 Å². The van der Waals surface area contributed by atoms with Crippen molar-refractivity contribution in [3.63, 3.8) is 0 Å². The number of rotatable bonds is 14. The molecule has 0 aromatic heterocycles. The third-order valence-electron chi connectivity index (χ3n) is 5.00. The summed E-state index contributed by atoms with van der Waals surface area (Å²) in [6, 6.07) is 2.96. The number of esters is 2. The van der Waals surface area contributed by atoms with E-state index in [0.29, 0.717) is 12.8 Å². The Morgan fingerprint density at radius 2 is 1.47 bits per heavy atom. The van der Waals surface area contributed by atoms with E-state index in [1.807, 2.05) is 0 Å². The molecule has 0 aliphatic rings. The Kier molecular flexibility index (Phi) is 11.0. The first kappa shape index (κ1) is 25.5. The normalized spacial score (nSPS) is 11.2. The molecule has 0 fully saturated rings. The number of nitrogens with zero attached hydrogens (tertiary/aromatic N) is 1. The van der Waals surface area contributed by atoms with E-state index in [2.05, 4.69) is 13.8 Å². The Morgan fingerprint density at radius 3 is 1.87 bits per heavy atom. The third kappa shape index (κ3) is 7.07. The number of carbonyl (C=O) groups is 2. The Morgan fingerprint density at radius 1 is 0.967 bits per heavy atom. The molecule has 30 heavy (non-hydrogen) atoms. The molecule has 0 N–H and O–H groups in total. The Balaban J connectivity index is 3.02. The molecule has 0 radical (unpaired) electrons. The van der Waals surface area contributed by atoms with E-state index < -0.39 is 33.8 Å². The van der Waals surface area contributed by atoms with Gasteiger partial charge in [0.15, 0.2) is 5.41 Å². The summed E-state index contributed by atoms with van der Waals surface area (Å²) in [6.45, 7) is 5.68. The number of benzene rings is 1. The van der Waals surface area contributed by atoms with Gasteiger partial charge in [-0.1, -0.05) is 58.4 Å². The highest BCUT2D eigenvalue weighted by atomic mass is 19.1. The minimum absolute atomic E-state index is 0.0392. The van der Waals surface area contributed by atoms with Crippen molar-refractivity contribution in [1.82, 2.24) is 0 Å². The van der Waals surface area contributed by atoms with Crippen LogP contribution in [0, 0.1) is 15.9 Å². The molecule has 0 unspecified atom stereocenters. The van der Waals surface area contributed by atoms with Crippen LogP contribution in [0.5, 0.6) is 0 Å². The van der Waals surface area contributed by atoms with Gasteiger partial charge in [-0.15, -0.1) is 0 Å². The largest absolute Gasteiger partial charge is 0.465 e. The highest BCUT2D eigenvalue weighted by Gasteiger charge is 2.47. The van der Waals surface area contributed by atoms with Crippen LogP contribution < -0.4 is 0 Å². The average molecular weight is 425 g/mol. The molecule has 0 bridgehead atoms. The first-order chi connectivity index (χ1) is 14.3. The summed E-state index contributed by atoms with van der Waals surface area (Å²) in [5.41, 5.74) is -2.68. The van der Waals surface area contributed by atoms with E-state index in [9.17, 15) is 24.1 Å². The lowest BCUT2D eigenvalue weighted by Crippen LogP contribution is -2.44. The maximum absolute atomic E-state index is 14.2. The van der Waals surface area contributed by atoms with E-state index >= 15 is 0 Å². The van der Waals surface area contributed by atoms with Crippen LogP contribution in [0.1, 0.15) is 77.7 Å². The van der Waals surface area contributed by atoms with Gasteiger partial charge in [-0.2, -0.15) is 4.39 Å². The standard InChI is InChI=1S/C22H32FNO6/c1-4-6-8-10-14-29-20(25)22(3,21(26)30-15-11-9-7-5-2)17-12-13-19(24(27)28)18(23)16-17/h12-13,16H,4-11,14-15H2,1-3H3. The minimum atomic E-state index is -1.91. The molecule has 168 valence electrons. The molecule has 0 saturated carbocycles. The smallest absolute Gasteiger partial charge is 0.327 e. The molecule has 0 amide bonds. The summed E-state index contributed by atoms with van der Waals surface area (Å²) in [6.07, 6.45) is 7.12. The number of halogens is 1.